The third-order valence-corrected chi connectivity index (χ3v) is 5.08. The first kappa shape index (κ1) is 16.9. The molecule has 1 unspecified atom stereocenters. The molecule has 1 aliphatic rings. The first-order valence-corrected chi connectivity index (χ1v) is 8.97. The Morgan fingerprint density at radius 1 is 1.31 bits per heavy atom. The smallest absolute Gasteiger partial charge is 0.238 e. The van der Waals surface area contributed by atoms with E-state index in [4.69, 9.17) is 11.6 Å². The molecule has 1 aliphatic heterocycles. The van der Waals surface area contributed by atoms with E-state index in [9.17, 15) is 9.18 Å². The van der Waals surface area contributed by atoms with E-state index in [2.05, 4.69) is 15.5 Å². The molecule has 26 heavy (non-hydrogen) atoms. The van der Waals surface area contributed by atoms with E-state index in [0.717, 1.165) is 17.6 Å². The molecule has 0 spiro atoms. The van der Waals surface area contributed by atoms with Crippen molar-refractivity contribution in [3.8, 4) is 0 Å². The van der Waals surface area contributed by atoms with Crippen LogP contribution in [0.3, 0.4) is 0 Å². The molecule has 0 saturated heterocycles. The number of nitrogens with zero attached hydrogens (tertiary/aromatic N) is 5. The summed E-state index contributed by atoms with van der Waals surface area (Å²) in [7, 11) is 0. The number of hydrogen-bond acceptors (Lipinski definition) is 4. The van der Waals surface area contributed by atoms with Gasteiger partial charge in [-0.25, -0.2) is 9.07 Å². The summed E-state index contributed by atoms with van der Waals surface area (Å²) in [5.74, 6) is 0.139. The fraction of sp³-hybridized carbons (Fsp3) is 0.333. The minimum atomic E-state index is -0.297. The Morgan fingerprint density at radius 3 is 3.00 bits per heavy atom. The maximum absolute atomic E-state index is 14.9. The van der Waals surface area contributed by atoms with Crippen molar-refractivity contribution in [2.24, 2.45) is 0 Å². The number of hydrogen-bond donors (Lipinski definition) is 0. The molecule has 2 heterocycles. The molecule has 1 amide bonds. The predicted molar refractivity (Wildman–Crippen MR) is 95.1 cm³/mol. The Bertz CT molecular complexity index is 960. The van der Waals surface area contributed by atoms with E-state index in [1.165, 1.54) is 0 Å². The van der Waals surface area contributed by atoms with E-state index in [-0.39, 0.29) is 30.2 Å². The molecule has 0 saturated carbocycles. The lowest BCUT2D eigenvalue weighted by Crippen LogP contribution is -2.45. The molecule has 0 bridgehead atoms. The van der Waals surface area contributed by atoms with Gasteiger partial charge < -0.3 is 4.90 Å². The normalized spacial score (nSPS) is 16.5. The number of halogens is 2. The van der Waals surface area contributed by atoms with Gasteiger partial charge >= 0.3 is 0 Å². The third kappa shape index (κ3) is 3.03. The summed E-state index contributed by atoms with van der Waals surface area (Å²) in [6.07, 6.45) is 1.39. The van der Waals surface area contributed by atoms with Crippen LogP contribution in [-0.4, -0.2) is 42.9 Å². The fourth-order valence-electron chi connectivity index (χ4n) is 3.47. The van der Waals surface area contributed by atoms with Crippen molar-refractivity contribution >= 4 is 28.3 Å². The second-order valence-electron chi connectivity index (χ2n) is 6.38. The molecule has 6 nitrogen and oxygen atoms in total. The molecule has 2 aromatic carbocycles. The molecule has 3 aromatic rings. The molecule has 0 aliphatic carbocycles. The Kier molecular flexibility index (Phi) is 4.55. The average molecular weight is 374 g/mol. The van der Waals surface area contributed by atoms with Crippen LogP contribution in [0.15, 0.2) is 36.4 Å². The van der Waals surface area contributed by atoms with Gasteiger partial charge in [0.2, 0.25) is 5.91 Å². The van der Waals surface area contributed by atoms with Crippen LogP contribution in [0, 0.1) is 5.82 Å². The number of amides is 1. The second kappa shape index (κ2) is 6.99. The molecule has 8 heteroatoms. The van der Waals surface area contributed by atoms with Gasteiger partial charge in [-0.2, -0.15) is 0 Å². The van der Waals surface area contributed by atoms with Crippen LogP contribution >= 0.6 is 11.6 Å². The highest BCUT2D eigenvalue weighted by Gasteiger charge is 2.29. The monoisotopic (exact) mass is 373 g/mol. The molecule has 0 fully saturated rings. The zero-order valence-corrected chi connectivity index (χ0v) is 14.7. The lowest BCUT2D eigenvalue weighted by molar-refractivity contribution is -0.132. The maximum atomic E-state index is 14.9. The maximum Gasteiger partial charge on any atom is 0.238 e. The predicted octanol–water partition coefficient (Wildman–Crippen LogP) is 2.55. The number of alkyl halides is 1. The molecule has 1 atom stereocenters. The molecule has 0 N–H and O–H groups in total. The van der Waals surface area contributed by atoms with Gasteiger partial charge in [-0.15, -0.1) is 16.7 Å². The minimum absolute atomic E-state index is 0.122. The molecular weight excluding hydrogens is 357 g/mol. The highest BCUT2D eigenvalue weighted by Crippen LogP contribution is 2.25. The number of rotatable bonds is 4. The van der Waals surface area contributed by atoms with Crippen LogP contribution in [0.25, 0.3) is 10.8 Å². The van der Waals surface area contributed by atoms with Gasteiger partial charge in [0.25, 0.3) is 0 Å². The van der Waals surface area contributed by atoms with Crippen molar-refractivity contribution < 1.29 is 9.18 Å². The van der Waals surface area contributed by atoms with E-state index >= 15 is 0 Å². The molecule has 1 aromatic heterocycles. The summed E-state index contributed by atoms with van der Waals surface area (Å²) in [6.45, 7) is 0.657. The Hall–Kier alpha value is -2.54. The highest BCUT2D eigenvalue weighted by molar-refractivity contribution is 6.27. The summed E-state index contributed by atoms with van der Waals surface area (Å²) in [4.78, 5) is 14.1. The third-order valence-electron chi connectivity index (χ3n) is 4.85. The van der Waals surface area contributed by atoms with Crippen LogP contribution in [0.4, 0.5) is 4.39 Å². The van der Waals surface area contributed by atoms with Gasteiger partial charge in [-0.05, 0) is 22.2 Å². The van der Waals surface area contributed by atoms with Gasteiger partial charge in [0, 0.05) is 23.9 Å². The standard InChI is InChI=1S/C18H17ClFN5O/c19-9-17(26)24(14-7-8-16-21-22-23-25(16)11-14)10-13-6-5-12-3-1-2-4-15(12)18(13)20/h1-6,14H,7-11H2. The van der Waals surface area contributed by atoms with Gasteiger partial charge in [-0.1, -0.05) is 36.4 Å². The van der Waals surface area contributed by atoms with Crippen molar-refractivity contribution in [2.45, 2.75) is 32.0 Å². The van der Waals surface area contributed by atoms with Crippen LogP contribution in [0.2, 0.25) is 0 Å². The van der Waals surface area contributed by atoms with Crippen LogP contribution in [0.5, 0.6) is 0 Å². The molecular formula is C18H17ClFN5O. The molecule has 4 rings (SSSR count). The summed E-state index contributed by atoms with van der Waals surface area (Å²) in [6, 6.07) is 10.8. The number of aryl methyl sites for hydroxylation is 1. The summed E-state index contributed by atoms with van der Waals surface area (Å²) < 4.78 is 16.6. The number of benzene rings is 2. The number of tetrazole rings is 1. The number of carbonyl (C=O) groups excluding carboxylic acids is 1. The summed E-state index contributed by atoms with van der Waals surface area (Å²) in [5.41, 5.74) is 0.477. The first-order valence-electron chi connectivity index (χ1n) is 8.44. The quantitative estimate of drug-likeness (QED) is 0.659. The summed E-state index contributed by atoms with van der Waals surface area (Å²) >= 11 is 5.81. The van der Waals surface area contributed by atoms with Crippen molar-refractivity contribution in [2.75, 3.05) is 5.88 Å². The number of fused-ring (bicyclic) bond motifs is 2. The largest absolute Gasteiger partial charge is 0.332 e. The number of carbonyl (C=O) groups is 1. The van der Waals surface area contributed by atoms with Crippen molar-refractivity contribution in [1.82, 2.24) is 25.1 Å². The summed E-state index contributed by atoms with van der Waals surface area (Å²) in [5, 5.41) is 13.0. The van der Waals surface area contributed by atoms with Crippen LogP contribution in [0.1, 0.15) is 17.8 Å². The molecule has 0 radical (unpaired) electrons. The Balaban J connectivity index is 1.64. The van der Waals surface area contributed by atoms with Crippen molar-refractivity contribution in [3.63, 3.8) is 0 Å². The lowest BCUT2D eigenvalue weighted by atomic mass is 10.0. The number of aromatic nitrogens is 4. The van der Waals surface area contributed by atoms with Crippen LogP contribution < -0.4 is 0 Å². The average Bonchev–Trinajstić information content (AvgIpc) is 3.15. The van der Waals surface area contributed by atoms with E-state index in [0.29, 0.717) is 23.9 Å². The second-order valence-corrected chi connectivity index (χ2v) is 6.65. The van der Waals surface area contributed by atoms with Gasteiger partial charge in [-0.3, -0.25) is 4.79 Å². The van der Waals surface area contributed by atoms with Gasteiger partial charge in [0.05, 0.1) is 12.6 Å². The van der Waals surface area contributed by atoms with E-state index < -0.39 is 0 Å². The van der Waals surface area contributed by atoms with E-state index in [1.807, 2.05) is 18.2 Å². The van der Waals surface area contributed by atoms with Crippen LogP contribution in [-0.2, 0) is 24.3 Å². The van der Waals surface area contributed by atoms with Gasteiger partial charge in [0.15, 0.2) is 5.82 Å². The minimum Gasteiger partial charge on any atom is -0.332 e. The first-order chi connectivity index (χ1) is 12.7. The van der Waals surface area contributed by atoms with E-state index in [1.54, 1.807) is 27.8 Å². The zero-order chi connectivity index (χ0) is 18.1. The molecule has 134 valence electrons. The highest BCUT2D eigenvalue weighted by atomic mass is 35.5. The zero-order valence-electron chi connectivity index (χ0n) is 14.0. The lowest BCUT2D eigenvalue weighted by Gasteiger charge is -2.34. The fourth-order valence-corrected chi connectivity index (χ4v) is 3.62. The Labute approximate surface area is 154 Å². The Morgan fingerprint density at radius 2 is 2.15 bits per heavy atom. The van der Waals surface area contributed by atoms with Crippen molar-refractivity contribution in [3.05, 3.63) is 53.6 Å². The van der Waals surface area contributed by atoms with Crippen molar-refractivity contribution in [1.29, 1.82) is 0 Å². The SMILES string of the molecule is O=C(CCl)N(Cc1ccc2ccccc2c1F)C1CCc2nnnn2C1. The topological polar surface area (TPSA) is 63.9 Å². The van der Waals surface area contributed by atoms with Gasteiger partial charge in [0.1, 0.15) is 11.7 Å².